The lowest BCUT2D eigenvalue weighted by Crippen LogP contribution is -2.05. The average Bonchev–Trinajstić information content (AvgIpc) is 2.42. The van der Waals surface area contributed by atoms with Crippen molar-refractivity contribution in [3.05, 3.63) is 39.7 Å². The minimum absolute atomic E-state index is 0.101. The van der Waals surface area contributed by atoms with Crippen LogP contribution in [0.4, 0.5) is 0 Å². The molecule has 0 aliphatic heterocycles. The summed E-state index contributed by atoms with van der Waals surface area (Å²) in [5.41, 5.74) is 1.60. The largest absolute Gasteiger partial charge is 0.508 e. The van der Waals surface area contributed by atoms with Gasteiger partial charge in [0.15, 0.2) is 0 Å². The van der Waals surface area contributed by atoms with Crippen LogP contribution in [0.15, 0.2) is 27.4 Å². The quantitative estimate of drug-likeness (QED) is 0.502. The standard InChI is InChI=1S/C11H10O3.C3H7ClO3S/c1-6-7(2)11(13)14-10-5-8(12)3-4-9(6)10;4-2-1-3-8(5,6)7/h3-5,12H,1-2H3;1-3H2,(H,5,6,7). The van der Waals surface area contributed by atoms with E-state index in [-0.39, 0.29) is 23.0 Å². The highest BCUT2D eigenvalue weighted by Crippen LogP contribution is 2.22. The van der Waals surface area contributed by atoms with Crippen molar-refractivity contribution in [2.75, 3.05) is 11.6 Å². The SMILES string of the molecule is Cc1c(C)c2ccc(O)cc2oc1=O.O=S(=O)(O)CCCCl. The molecule has 122 valence electrons. The van der Waals surface area contributed by atoms with Gasteiger partial charge in [-0.15, -0.1) is 11.6 Å². The van der Waals surface area contributed by atoms with Crippen LogP contribution in [-0.4, -0.2) is 29.7 Å². The zero-order chi connectivity index (χ0) is 16.9. The number of rotatable bonds is 3. The highest BCUT2D eigenvalue weighted by atomic mass is 35.5. The van der Waals surface area contributed by atoms with Gasteiger partial charge in [-0.05, 0) is 38.0 Å². The van der Waals surface area contributed by atoms with Gasteiger partial charge in [0.05, 0.1) is 5.75 Å². The first-order valence-electron chi connectivity index (χ1n) is 6.40. The van der Waals surface area contributed by atoms with Crippen LogP contribution >= 0.6 is 11.6 Å². The molecule has 2 rings (SSSR count). The molecule has 0 radical (unpaired) electrons. The Hall–Kier alpha value is -1.57. The molecule has 6 nitrogen and oxygen atoms in total. The zero-order valence-electron chi connectivity index (χ0n) is 12.2. The fourth-order valence-corrected chi connectivity index (χ4v) is 2.47. The Morgan fingerprint density at radius 3 is 2.36 bits per heavy atom. The van der Waals surface area contributed by atoms with E-state index >= 15 is 0 Å². The molecule has 1 aromatic carbocycles. The number of hydrogen-bond donors (Lipinski definition) is 2. The summed E-state index contributed by atoms with van der Waals surface area (Å²) in [5.74, 6) is 0.125. The second-order valence-corrected chi connectivity index (χ2v) is 6.60. The summed E-state index contributed by atoms with van der Waals surface area (Å²) in [7, 11) is -3.77. The summed E-state index contributed by atoms with van der Waals surface area (Å²) < 4.78 is 32.9. The van der Waals surface area contributed by atoms with Crippen molar-refractivity contribution in [1.29, 1.82) is 0 Å². The summed E-state index contributed by atoms with van der Waals surface area (Å²) in [6.07, 6.45) is 0.306. The molecule has 0 saturated carbocycles. The molecule has 0 aliphatic rings. The molecule has 0 spiro atoms. The van der Waals surface area contributed by atoms with Crippen LogP contribution in [0, 0.1) is 13.8 Å². The van der Waals surface area contributed by atoms with E-state index in [0.717, 1.165) is 10.9 Å². The van der Waals surface area contributed by atoms with Crippen LogP contribution in [0.1, 0.15) is 17.5 Å². The monoisotopic (exact) mass is 348 g/mol. The van der Waals surface area contributed by atoms with Crippen molar-refractivity contribution in [1.82, 2.24) is 0 Å². The second-order valence-electron chi connectivity index (χ2n) is 4.65. The maximum Gasteiger partial charge on any atom is 0.339 e. The third-order valence-corrected chi connectivity index (χ3v) is 4.05. The Labute approximate surface area is 133 Å². The van der Waals surface area contributed by atoms with Gasteiger partial charge in [-0.25, -0.2) is 4.79 Å². The molecule has 2 N–H and O–H groups in total. The highest BCUT2D eigenvalue weighted by molar-refractivity contribution is 7.85. The van der Waals surface area contributed by atoms with Gasteiger partial charge >= 0.3 is 5.63 Å². The lowest BCUT2D eigenvalue weighted by atomic mass is 10.1. The molecule has 22 heavy (non-hydrogen) atoms. The summed E-state index contributed by atoms with van der Waals surface area (Å²) in [5, 5.41) is 10.1. The highest BCUT2D eigenvalue weighted by Gasteiger charge is 2.07. The molecule has 0 saturated heterocycles. The lowest BCUT2D eigenvalue weighted by molar-refractivity contribution is 0.472. The van der Waals surface area contributed by atoms with Crippen LogP contribution in [0.25, 0.3) is 11.0 Å². The lowest BCUT2D eigenvalue weighted by Gasteiger charge is -2.03. The second kappa shape index (κ2) is 7.62. The first kappa shape index (κ1) is 18.5. The fraction of sp³-hybridized carbons (Fsp3) is 0.357. The molecule has 8 heteroatoms. The predicted octanol–water partition coefficient (Wildman–Crippen LogP) is 2.62. The van der Waals surface area contributed by atoms with Crippen LogP contribution in [0.3, 0.4) is 0 Å². The normalized spacial score (nSPS) is 11.1. The molecule has 1 aromatic heterocycles. The molecule has 0 bridgehead atoms. The van der Waals surface area contributed by atoms with Crippen molar-refractivity contribution >= 4 is 32.7 Å². The van der Waals surface area contributed by atoms with E-state index in [1.165, 1.54) is 6.07 Å². The van der Waals surface area contributed by atoms with Gasteiger partial charge in [0, 0.05) is 22.9 Å². The molecule has 0 atom stereocenters. The average molecular weight is 349 g/mol. The number of halogens is 1. The molecule has 1 heterocycles. The third-order valence-electron chi connectivity index (χ3n) is 2.98. The van der Waals surface area contributed by atoms with Gasteiger partial charge in [-0.3, -0.25) is 4.55 Å². The molecule has 0 amide bonds. The van der Waals surface area contributed by atoms with Gasteiger partial charge in [0.2, 0.25) is 0 Å². The number of alkyl halides is 1. The summed E-state index contributed by atoms with van der Waals surface area (Å²) in [6, 6.07) is 4.77. The van der Waals surface area contributed by atoms with E-state index in [0.29, 0.717) is 17.6 Å². The number of fused-ring (bicyclic) bond motifs is 1. The van der Waals surface area contributed by atoms with E-state index in [4.69, 9.17) is 20.6 Å². The van der Waals surface area contributed by atoms with E-state index in [1.54, 1.807) is 19.1 Å². The third kappa shape index (κ3) is 5.32. The molecule has 0 unspecified atom stereocenters. The fourth-order valence-electron chi connectivity index (χ4n) is 1.67. The van der Waals surface area contributed by atoms with Crippen LogP contribution in [0.2, 0.25) is 0 Å². The Kier molecular flexibility index (Phi) is 6.40. The van der Waals surface area contributed by atoms with E-state index in [2.05, 4.69) is 0 Å². The number of hydrogen-bond acceptors (Lipinski definition) is 5. The molecule has 0 aliphatic carbocycles. The van der Waals surface area contributed by atoms with Crippen molar-refractivity contribution in [3.63, 3.8) is 0 Å². The smallest absolute Gasteiger partial charge is 0.339 e. The van der Waals surface area contributed by atoms with Crippen LogP contribution in [0.5, 0.6) is 5.75 Å². The van der Waals surface area contributed by atoms with Crippen molar-refractivity contribution in [2.45, 2.75) is 20.3 Å². The Bertz CT molecular complexity index is 810. The van der Waals surface area contributed by atoms with E-state index in [1.807, 2.05) is 6.92 Å². The number of aryl methyl sites for hydroxylation is 1. The summed E-state index contributed by atoms with van der Waals surface area (Å²) in [4.78, 5) is 11.3. The van der Waals surface area contributed by atoms with Crippen LogP contribution in [-0.2, 0) is 10.1 Å². The minimum atomic E-state index is -3.77. The Morgan fingerprint density at radius 1 is 1.23 bits per heavy atom. The van der Waals surface area contributed by atoms with Gasteiger partial charge < -0.3 is 9.52 Å². The number of benzene rings is 1. The van der Waals surface area contributed by atoms with Gasteiger partial charge in [-0.2, -0.15) is 8.42 Å². The van der Waals surface area contributed by atoms with Crippen LogP contribution < -0.4 is 5.63 Å². The van der Waals surface area contributed by atoms with Crippen molar-refractivity contribution in [2.24, 2.45) is 0 Å². The van der Waals surface area contributed by atoms with Gasteiger partial charge in [0.25, 0.3) is 10.1 Å². The zero-order valence-corrected chi connectivity index (χ0v) is 13.7. The summed E-state index contributed by atoms with van der Waals surface area (Å²) >= 11 is 5.13. The Balaban J connectivity index is 0.000000261. The maximum absolute atomic E-state index is 11.3. The number of phenols is 1. The molecule has 2 aromatic rings. The van der Waals surface area contributed by atoms with Gasteiger partial charge in [0.1, 0.15) is 11.3 Å². The number of aromatic hydroxyl groups is 1. The first-order chi connectivity index (χ1) is 10.2. The Morgan fingerprint density at radius 2 is 1.86 bits per heavy atom. The molecular formula is C14H17ClO6S. The minimum Gasteiger partial charge on any atom is -0.508 e. The predicted molar refractivity (Wildman–Crippen MR) is 85.4 cm³/mol. The maximum atomic E-state index is 11.3. The summed E-state index contributed by atoms with van der Waals surface area (Å²) in [6.45, 7) is 3.60. The first-order valence-corrected chi connectivity index (χ1v) is 8.54. The molecule has 0 fully saturated rings. The number of phenolic OH excluding ortho intramolecular Hbond substituents is 1. The molecular weight excluding hydrogens is 332 g/mol. The van der Waals surface area contributed by atoms with E-state index < -0.39 is 10.1 Å². The topological polar surface area (TPSA) is 105 Å². The van der Waals surface area contributed by atoms with Crippen molar-refractivity contribution < 1.29 is 22.5 Å². The van der Waals surface area contributed by atoms with Crippen molar-refractivity contribution in [3.8, 4) is 5.75 Å². The van der Waals surface area contributed by atoms with E-state index in [9.17, 15) is 18.3 Å². The van der Waals surface area contributed by atoms with Gasteiger partial charge in [-0.1, -0.05) is 0 Å².